The summed E-state index contributed by atoms with van der Waals surface area (Å²) in [6.07, 6.45) is 2.09. The summed E-state index contributed by atoms with van der Waals surface area (Å²) >= 11 is 0. The van der Waals surface area contributed by atoms with Crippen molar-refractivity contribution >= 4 is 23.5 Å². The summed E-state index contributed by atoms with van der Waals surface area (Å²) in [6, 6.07) is 12.0. The number of hydrogen-bond donors (Lipinski definition) is 3. The van der Waals surface area contributed by atoms with E-state index in [-0.39, 0.29) is 12.5 Å². The van der Waals surface area contributed by atoms with Gasteiger partial charge in [-0.2, -0.15) is 0 Å². The van der Waals surface area contributed by atoms with Gasteiger partial charge in [-0.25, -0.2) is 4.79 Å². The Morgan fingerprint density at radius 1 is 1.00 bits per heavy atom. The molecule has 1 saturated carbocycles. The molecule has 4 amide bonds. The number of hydrogen-bond acceptors (Lipinski definition) is 6. The van der Waals surface area contributed by atoms with Gasteiger partial charge in [-0.3, -0.25) is 19.8 Å². The predicted octanol–water partition coefficient (Wildman–Crippen LogP) is 2.13. The molecular formula is C23H26N4O5. The number of benzene rings is 2. The highest BCUT2D eigenvalue weighted by atomic mass is 16.6. The summed E-state index contributed by atoms with van der Waals surface area (Å²) in [5, 5.41) is 7.89. The van der Waals surface area contributed by atoms with Crippen LogP contribution in [0.1, 0.15) is 28.8 Å². The first-order valence-electron chi connectivity index (χ1n) is 10.5. The minimum atomic E-state index is -0.619. The molecule has 0 atom stereocenters. The van der Waals surface area contributed by atoms with Gasteiger partial charge < -0.3 is 20.1 Å². The maximum atomic E-state index is 12.2. The molecule has 1 aliphatic carbocycles. The Morgan fingerprint density at radius 2 is 1.72 bits per heavy atom. The first kappa shape index (κ1) is 21.6. The first-order valence-corrected chi connectivity index (χ1v) is 10.5. The second-order valence-corrected chi connectivity index (χ2v) is 7.98. The lowest BCUT2D eigenvalue weighted by Gasteiger charge is -2.19. The fourth-order valence-corrected chi connectivity index (χ4v) is 3.32. The van der Waals surface area contributed by atoms with Crippen molar-refractivity contribution in [3.63, 3.8) is 0 Å². The number of anilines is 1. The molecule has 2 aromatic rings. The van der Waals surface area contributed by atoms with Crippen LogP contribution < -0.4 is 25.4 Å². The number of urea groups is 1. The van der Waals surface area contributed by atoms with E-state index in [1.165, 1.54) is 0 Å². The van der Waals surface area contributed by atoms with Crippen molar-refractivity contribution in [1.29, 1.82) is 0 Å². The molecule has 32 heavy (non-hydrogen) atoms. The molecular weight excluding hydrogens is 412 g/mol. The van der Waals surface area contributed by atoms with Crippen molar-refractivity contribution in [3.05, 3.63) is 53.6 Å². The van der Waals surface area contributed by atoms with Crippen LogP contribution in [0.2, 0.25) is 0 Å². The van der Waals surface area contributed by atoms with Crippen molar-refractivity contribution in [2.75, 3.05) is 32.1 Å². The highest BCUT2D eigenvalue weighted by Gasteiger charge is 2.23. The van der Waals surface area contributed by atoms with Crippen molar-refractivity contribution in [2.45, 2.75) is 25.4 Å². The molecule has 0 radical (unpaired) electrons. The molecule has 0 spiro atoms. The molecule has 0 bridgehead atoms. The number of rotatable bonds is 7. The zero-order chi connectivity index (χ0) is 22.5. The van der Waals surface area contributed by atoms with Gasteiger partial charge in [0.1, 0.15) is 13.2 Å². The molecule has 9 nitrogen and oxygen atoms in total. The molecule has 2 aromatic carbocycles. The quantitative estimate of drug-likeness (QED) is 0.611. The molecule has 168 valence electrons. The number of imide groups is 1. The monoisotopic (exact) mass is 438 g/mol. The molecule has 9 heteroatoms. The number of fused-ring (bicyclic) bond motifs is 1. The average molecular weight is 438 g/mol. The number of carbonyl (C=O) groups is 3. The minimum absolute atomic E-state index is 0.0402. The maximum Gasteiger partial charge on any atom is 0.325 e. The van der Waals surface area contributed by atoms with E-state index in [0.29, 0.717) is 48.6 Å². The molecule has 1 aliphatic heterocycles. The van der Waals surface area contributed by atoms with Gasteiger partial charge in [-0.1, -0.05) is 12.1 Å². The van der Waals surface area contributed by atoms with E-state index >= 15 is 0 Å². The number of nitrogens with one attached hydrogen (secondary N) is 3. The number of amides is 4. The van der Waals surface area contributed by atoms with Crippen LogP contribution in [0.5, 0.6) is 11.5 Å². The van der Waals surface area contributed by atoms with Crippen LogP contribution in [0.4, 0.5) is 10.5 Å². The van der Waals surface area contributed by atoms with Gasteiger partial charge in [0.05, 0.1) is 6.54 Å². The summed E-state index contributed by atoms with van der Waals surface area (Å²) in [4.78, 5) is 38.2. The lowest BCUT2D eigenvalue weighted by molar-refractivity contribution is -0.120. The van der Waals surface area contributed by atoms with Crippen LogP contribution in [-0.2, 0) is 11.3 Å². The summed E-state index contributed by atoms with van der Waals surface area (Å²) in [6.45, 7) is 1.48. The second-order valence-electron chi connectivity index (χ2n) is 7.98. The van der Waals surface area contributed by atoms with Gasteiger partial charge >= 0.3 is 6.03 Å². The Labute approximate surface area is 186 Å². The Balaban J connectivity index is 1.22. The molecule has 0 aromatic heterocycles. The van der Waals surface area contributed by atoms with Crippen molar-refractivity contribution < 1.29 is 23.9 Å². The van der Waals surface area contributed by atoms with Gasteiger partial charge in [0.2, 0.25) is 5.91 Å². The average Bonchev–Trinajstić information content (AvgIpc) is 3.57. The summed E-state index contributed by atoms with van der Waals surface area (Å²) in [5.74, 6) is 0.686. The van der Waals surface area contributed by atoms with Crippen LogP contribution in [0.15, 0.2) is 42.5 Å². The molecule has 1 heterocycles. The van der Waals surface area contributed by atoms with E-state index in [2.05, 4.69) is 16.0 Å². The lowest BCUT2D eigenvalue weighted by atomic mass is 10.1. The fraction of sp³-hybridized carbons (Fsp3) is 0.348. The van der Waals surface area contributed by atoms with Gasteiger partial charge in [-0.05, 0) is 49.7 Å². The first-order chi connectivity index (χ1) is 15.5. The fourth-order valence-electron chi connectivity index (χ4n) is 3.32. The van der Waals surface area contributed by atoms with E-state index in [9.17, 15) is 14.4 Å². The van der Waals surface area contributed by atoms with Crippen molar-refractivity contribution in [1.82, 2.24) is 15.5 Å². The highest BCUT2D eigenvalue weighted by Crippen LogP contribution is 2.32. The number of nitrogens with zero attached hydrogens (tertiary/aromatic N) is 1. The summed E-state index contributed by atoms with van der Waals surface area (Å²) < 4.78 is 10.9. The Kier molecular flexibility index (Phi) is 6.55. The van der Waals surface area contributed by atoms with Crippen molar-refractivity contribution in [2.24, 2.45) is 0 Å². The Morgan fingerprint density at radius 3 is 2.44 bits per heavy atom. The number of ether oxygens (including phenoxy) is 2. The topological polar surface area (TPSA) is 109 Å². The van der Waals surface area contributed by atoms with E-state index in [0.717, 1.165) is 18.4 Å². The van der Waals surface area contributed by atoms with Gasteiger partial charge in [0, 0.05) is 29.9 Å². The second kappa shape index (κ2) is 9.69. The van der Waals surface area contributed by atoms with E-state index in [1.54, 1.807) is 42.3 Å². The highest BCUT2D eigenvalue weighted by molar-refractivity contribution is 6.01. The van der Waals surface area contributed by atoms with Crippen LogP contribution >= 0.6 is 0 Å². The molecule has 1 fully saturated rings. The van der Waals surface area contributed by atoms with Crippen LogP contribution in [0.3, 0.4) is 0 Å². The zero-order valence-electron chi connectivity index (χ0n) is 17.8. The Bertz CT molecular complexity index is 1000. The summed E-state index contributed by atoms with van der Waals surface area (Å²) in [7, 11) is 1.78. The van der Waals surface area contributed by atoms with Gasteiger partial charge in [-0.15, -0.1) is 0 Å². The number of likely N-dealkylation sites (N-methyl/N-ethyl adjacent to an activating group) is 1. The van der Waals surface area contributed by atoms with Crippen LogP contribution in [0.25, 0.3) is 0 Å². The molecule has 3 N–H and O–H groups in total. The van der Waals surface area contributed by atoms with E-state index in [4.69, 9.17) is 9.47 Å². The zero-order valence-corrected chi connectivity index (χ0v) is 17.8. The standard InChI is InChI=1S/C23H26N4O5/c1-27(13-15-2-4-16(5-3-15)22(29)24-17-6-7-17)14-21(28)26-23(30)25-18-8-9-19-20(12-18)32-11-10-31-19/h2-5,8-9,12,17H,6-7,10-11,13-14H2,1H3,(H,24,29)(H2,25,26,28,30). The molecule has 0 unspecified atom stereocenters. The van der Waals surface area contributed by atoms with E-state index < -0.39 is 11.9 Å². The minimum Gasteiger partial charge on any atom is -0.486 e. The smallest absolute Gasteiger partial charge is 0.325 e. The largest absolute Gasteiger partial charge is 0.486 e. The van der Waals surface area contributed by atoms with Crippen LogP contribution in [0, 0.1) is 0 Å². The van der Waals surface area contributed by atoms with Gasteiger partial charge in [0.25, 0.3) is 5.91 Å². The van der Waals surface area contributed by atoms with Gasteiger partial charge in [0.15, 0.2) is 11.5 Å². The third kappa shape index (κ3) is 5.98. The number of carbonyl (C=O) groups excluding carboxylic acids is 3. The summed E-state index contributed by atoms with van der Waals surface area (Å²) in [5.41, 5.74) is 2.08. The SMILES string of the molecule is CN(CC(=O)NC(=O)Nc1ccc2c(c1)OCCO2)Cc1ccc(C(=O)NC2CC2)cc1. The maximum absolute atomic E-state index is 12.2. The third-order valence-electron chi connectivity index (χ3n) is 5.05. The molecule has 2 aliphatic rings. The van der Waals surface area contributed by atoms with Crippen molar-refractivity contribution in [3.8, 4) is 11.5 Å². The Hall–Kier alpha value is -3.59. The van der Waals surface area contributed by atoms with E-state index in [1.807, 2.05) is 12.1 Å². The molecule has 0 saturated heterocycles. The van der Waals surface area contributed by atoms with Crippen LogP contribution in [-0.4, -0.2) is 55.6 Å². The predicted molar refractivity (Wildman–Crippen MR) is 118 cm³/mol. The normalized spacial score (nSPS) is 14.6. The molecule has 4 rings (SSSR count). The third-order valence-corrected chi connectivity index (χ3v) is 5.05. The lowest BCUT2D eigenvalue weighted by Crippen LogP contribution is -2.40.